The van der Waals surface area contributed by atoms with Gasteiger partial charge in [0.15, 0.2) is 0 Å². The predicted octanol–water partition coefficient (Wildman–Crippen LogP) is 0.573. The van der Waals surface area contributed by atoms with Crippen LogP contribution < -0.4 is 5.73 Å². The van der Waals surface area contributed by atoms with Gasteiger partial charge in [0.1, 0.15) is 11.5 Å². The number of pyridine rings is 1. The largest absolute Gasteiger partial charge is 0.335 e. The molecule has 1 aromatic rings. The van der Waals surface area contributed by atoms with Gasteiger partial charge in [-0.2, -0.15) is 0 Å². The average Bonchev–Trinajstić information content (AvgIpc) is 2.48. The topological polar surface area (TPSA) is 62.5 Å². The zero-order valence-electron chi connectivity index (χ0n) is 11.8. The van der Waals surface area contributed by atoms with Gasteiger partial charge in [-0.05, 0) is 24.6 Å². The van der Waals surface area contributed by atoms with E-state index in [1.165, 1.54) is 12.1 Å². The number of carbonyl (C=O) groups is 1. The van der Waals surface area contributed by atoms with Crippen LogP contribution in [-0.2, 0) is 0 Å². The third-order valence-corrected chi connectivity index (χ3v) is 3.58. The third kappa shape index (κ3) is 3.74. The number of rotatable bonds is 4. The van der Waals surface area contributed by atoms with Crippen molar-refractivity contribution in [3.8, 4) is 0 Å². The maximum absolute atomic E-state index is 12.8. The minimum absolute atomic E-state index is 0.128. The van der Waals surface area contributed by atoms with E-state index in [9.17, 15) is 9.18 Å². The van der Waals surface area contributed by atoms with Crippen LogP contribution in [0.1, 0.15) is 17.4 Å². The molecule has 0 radical (unpaired) electrons. The molecule has 0 bridgehead atoms. The lowest BCUT2D eigenvalue weighted by Crippen LogP contribution is -2.50. The second kappa shape index (κ2) is 6.76. The van der Waals surface area contributed by atoms with E-state index in [-0.39, 0.29) is 5.91 Å². The van der Waals surface area contributed by atoms with Gasteiger partial charge in [0.25, 0.3) is 5.91 Å². The van der Waals surface area contributed by atoms with E-state index in [4.69, 9.17) is 5.73 Å². The van der Waals surface area contributed by atoms with Crippen LogP contribution in [0.2, 0.25) is 0 Å². The van der Waals surface area contributed by atoms with Crippen molar-refractivity contribution < 1.29 is 9.18 Å². The lowest BCUT2D eigenvalue weighted by molar-refractivity contribution is 0.0616. The van der Waals surface area contributed by atoms with E-state index in [0.717, 1.165) is 25.8 Å². The highest BCUT2D eigenvalue weighted by molar-refractivity contribution is 5.92. The molecule has 0 spiro atoms. The Morgan fingerprint density at radius 2 is 2.10 bits per heavy atom. The first-order chi connectivity index (χ1) is 9.60. The molecule has 1 atom stereocenters. The summed E-state index contributed by atoms with van der Waals surface area (Å²) < 4.78 is 12.8. The summed E-state index contributed by atoms with van der Waals surface area (Å²) in [6, 6.07) is 2.69. The van der Waals surface area contributed by atoms with Crippen LogP contribution in [0.5, 0.6) is 0 Å². The standard InChI is InChI=1S/C14H21FN4O/c1-11(8-16)10-18-4-6-19(7-5-18)14(20)13-3-2-12(15)9-17-13/h2-3,9,11H,4-8,10,16H2,1H3. The van der Waals surface area contributed by atoms with E-state index >= 15 is 0 Å². The summed E-state index contributed by atoms with van der Waals surface area (Å²) in [5.74, 6) is -0.0883. The third-order valence-electron chi connectivity index (χ3n) is 3.58. The summed E-state index contributed by atoms with van der Waals surface area (Å²) in [6.07, 6.45) is 1.08. The zero-order chi connectivity index (χ0) is 14.5. The van der Waals surface area contributed by atoms with Gasteiger partial charge < -0.3 is 10.6 Å². The summed E-state index contributed by atoms with van der Waals surface area (Å²) in [6.45, 7) is 6.81. The molecule has 0 aromatic carbocycles. The second-order valence-corrected chi connectivity index (χ2v) is 5.30. The Balaban J connectivity index is 1.87. The van der Waals surface area contributed by atoms with E-state index in [1.54, 1.807) is 4.90 Å². The number of nitrogens with zero attached hydrogens (tertiary/aromatic N) is 3. The zero-order valence-corrected chi connectivity index (χ0v) is 11.8. The van der Waals surface area contributed by atoms with Crippen LogP contribution in [0, 0.1) is 11.7 Å². The number of carbonyl (C=O) groups excluding carboxylic acids is 1. The van der Waals surface area contributed by atoms with Gasteiger partial charge in [0, 0.05) is 32.7 Å². The fourth-order valence-electron chi connectivity index (χ4n) is 2.31. The number of nitrogens with two attached hydrogens (primary N) is 1. The van der Waals surface area contributed by atoms with Crippen molar-refractivity contribution in [2.24, 2.45) is 11.7 Å². The molecule has 20 heavy (non-hydrogen) atoms. The molecule has 110 valence electrons. The van der Waals surface area contributed by atoms with Crippen molar-refractivity contribution in [1.82, 2.24) is 14.8 Å². The molecule has 2 heterocycles. The van der Waals surface area contributed by atoms with Crippen LogP contribution in [0.4, 0.5) is 4.39 Å². The first-order valence-electron chi connectivity index (χ1n) is 6.93. The SMILES string of the molecule is CC(CN)CN1CCN(C(=O)c2ccc(F)cn2)CC1. The number of hydrogen-bond acceptors (Lipinski definition) is 4. The maximum atomic E-state index is 12.8. The van der Waals surface area contributed by atoms with Crippen LogP contribution in [-0.4, -0.2) is 60.0 Å². The lowest BCUT2D eigenvalue weighted by atomic mass is 10.1. The molecule has 1 aromatic heterocycles. The van der Waals surface area contributed by atoms with Gasteiger partial charge in [0.05, 0.1) is 6.20 Å². The summed E-state index contributed by atoms with van der Waals surface area (Å²) in [5, 5.41) is 0. The Morgan fingerprint density at radius 1 is 1.40 bits per heavy atom. The Kier molecular flexibility index (Phi) is 5.03. The van der Waals surface area contributed by atoms with E-state index in [1.807, 2.05) is 0 Å². The fourth-order valence-corrected chi connectivity index (χ4v) is 2.31. The van der Waals surface area contributed by atoms with Crippen LogP contribution >= 0.6 is 0 Å². The molecule has 2 N–H and O–H groups in total. The highest BCUT2D eigenvalue weighted by Crippen LogP contribution is 2.09. The number of halogens is 1. The molecule has 1 fully saturated rings. The number of aromatic nitrogens is 1. The number of hydrogen-bond donors (Lipinski definition) is 1. The molecule has 1 amide bonds. The van der Waals surface area contributed by atoms with Gasteiger partial charge in [-0.25, -0.2) is 9.37 Å². The van der Waals surface area contributed by atoms with Crippen LogP contribution in [0.15, 0.2) is 18.3 Å². The molecule has 6 heteroatoms. The Bertz CT molecular complexity index is 443. The fraction of sp³-hybridized carbons (Fsp3) is 0.571. The first kappa shape index (κ1) is 14.9. The minimum atomic E-state index is -0.429. The van der Waals surface area contributed by atoms with Crippen LogP contribution in [0.25, 0.3) is 0 Å². The summed E-state index contributed by atoms with van der Waals surface area (Å²) in [4.78, 5) is 20.1. The second-order valence-electron chi connectivity index (χ2n) is 5.30. The normalized spacial score (nSPS) is 18.1. The minimum Gasteiger partial charge on any atom is -0.335 e. The van der Waals surface area contributed by atoms with Gasteiger partial charge in [-0.3, -0.25) is 9.69 Å². The van der Waals surface area contributed by atoms with Crippen molar-refractivity contribution in [3.63, 3.8) is 0 Å². The molecule has 5 nitrogen and oxygen atoms in total. The van der Waals surface area contributed by atoms with Crippen molar-refractivity contribution in [3.05, 3.63) is 29.8 Å². The highest BCUT2D eigenvalue weighted by atomic mass is 19.1. The van der Waals surface area contributed by atoms with Gasteiger partial charge >= 0.3 is 0 Å². The monoisotopic (exact) mass is 280 g/mol. The Hall–Kier alpha value is -1.53. The molecular formula is C14H21FN4O. The van der Waals surface area contributed by atoms with E-state index in [2.05, 4.69) is 16.8 Å². The van der Waals surface area contributed by atoms with Crippen molar-refractivity contribution in [2.45, 2.75) is 6.92 Å². The molecular weight excluding hydrogens is 259 g/mol. The number of amides is 1. The summed E-state index contributed by atoms with van der Waals surface area (Å²) >= 11 is 0. The average molecular weight is 280 g/mol. The number of piperazine rings is 1. The lowest BCUT2D eigenvalue weighted by Gasteiger charge is -2.35. The van der Waals surface area contributed by atoms with Gasteiger partial charge in [-0.15, -0.1) is 0 Å². The smallest absolute Gasteiger partial charge is 0.272 e. The Labute approximate surface area is 118 Å². The maximum Gasteiger partial charge on any atom is 0.272 e. The van der Waals surface area contributed by atoms with Crippen molar-refractivity contribution in [1.29, 1.82) is 0 Å². The van der Waals surface area contributed by atoms with Crippen LogP contribution in [0.3, 0.4) is 0 Å². The highest BCUT2D eigenvalue weighted by Gasteiger charge is 2.23. The molecule has 1 aliphatic rings. The summed E-state index contributed by atoms with van der Waals surface area (Å²) in [7, 11) is 0. The van der Waals surface area contributed by atoms with Crippen molar-refractivity contribution >= 4 is 5.91 Å². The van der Waals surface area contributed by atoms with Gasteiger partial charge in [-0.1, -0.05) is 6.92 Å². The van der Waals surface area contributed by atoms with Crippen molar-refractivity contribution in [2.75, 3.05) is 39.3 Å². The summed E-state index contributed by atoms with van der Waals surface area (Å²) in [5.41, 5.74) is 5.92. The molecule has 1 unspecified atom stereocenters. The molecule has 1 aliphatic heterocycles. The molecule has 1 saturated heterocycles. The molecule has 0 aliphatic carbocycles. The predicted molar refractivity (Wildman–Crippen MR) is 74.8 cm³/mol. The first-order valence-corrected chi connectivity index (χ1v) is 6.93. The van der Waals surface area contributed by atoms with Gasteiger partial charge in [0.2, 0.25) is 0 Å². The quantitative estimate of drug-likeness (QED) is 0.876. The van der Waals surface area contributed by atoms with E-state index in [0.29, 0.717) is 31.2 Å². The molecule has 0 saturated carbocycles. The van der Waals surface area contributed by atoms with E-state index < -0.39 is 5.82 Å². The molecule has 2 rings (SSSR count). The Morgan fingerprint density at radius 3 is 2.65 bits per heavy atom.